The molecule has 2 aliphatic rings. The van der Waals surface area contributed by atoms with Gasteiger partial charge in [0.05, 0.1) is 12.6 Å². The summed E-state index contributed by atoms with van der Waals surface area (Å²) in [5.74, 6) is 1.86. The summed E-state index contributed by atoms with van der Waals surface area (Å²) in [4.78, 5) is 12.6. The van der Waals surface area contributed by atoms with Gasteiger partial charge < -0.3 is 19.8 Å². The molecule has 26 heavy (non-hydrogen) atoms. The number of nitrogens with one attached hydrogen (secondary N) is 2. The molecule has 1 spiro atoms. The van der Waals surface area contributed by atoms with Crippen molar-refractivity contribution in [3.05, 3.63) is 30.0 Å². The van der Waals surface area contributed by atoms with Crippen molar-refractivity contribution in [3.63, 3.8) is 0 Å². The minimum Gasteiger partial charge on any atom is -0.490 e. The molecular weight excluding hydrogens is 352 g/mol. The molecule has 2 aromatic rings. The number of benzene rings is 1. The van der Waals surface area contributed by atoms with Crippen LogP contribution in [-0.4, -0.2) is 25.6 Å². The minimum atomic E-state index is -0.145. The van der Waals surface area contributed by atoms with Crippen LogP contribution in [0.4, 0.5) is 0 Å². The van der Waals surface area contributed by atoms with Gasteiger partial charge in [-0.25, -0.2) is 0 Å². The SMILES string of the molecule is CCOc1cccc2cc(C(C)NC(=O)C3CC34CCNCC4)oc12.Cl. The molecule has 2 heterocycles. The number of para-hydroxylation sites is 1. The van der Waals surface area contributed by atoms with Crippen molar-refractivity contribution in [3.8, 4) is 5.75 Å². The number of halogens is 1. The summed E-state index contributed by atoms with van der Waals surface area (Å²) in [7, 11) is 0. The molecule has 1 aliphatic heterocycles. The van der Waals surface area contributed by atoms with Crippen LogP contribution in [0.2, 0.25) is 0 Å². The Morgan fingerprint density at radius 1 is 1.42 bits per heavy atom. The zero-order chi connectivity index (χ0) is 17.4. The minimum absolute atomic E-state index is 0. The van der Waals surface area contributed by atoms with E-state index in [4.69, 9.17) is 9.15 Å². The number of ether oxygens (including phenoxy) is 1. The van der Waals surface area contributed by atoms with Crippen molar-refractivity contribution in [2.45, 2.75) is 39.2 Å². The Bertz CT molecular complexity index is 782. The summed E-state index contributed by atoms with van der Waals surface area (Å²) in [5.41, 5.74) is 1.01. The monoisotopic (exact) mass is 378 g/mol. The molecule has 1 aliphatic carbocycles. The van der Waals surface area contributed by atoms with Gasteiger partial charge in [-0.1, -0.05) is 12.1 Å². The molecule has 0 radical (unpaired) electrons. The van der Waals surface area contributed by atoms with Crippen LogP contribution in [0.5, 0.6) is 5.75 Å². The predicted octanol–water partition coefficient (Wildman–Crippen LogP) is 3.82. The number of carbonyl (C=O) groups is 1. The van der Waals surface area contributed by atoms with E-state index in [0.29, 0.717) is 6.61 Å². The smallest absolute Gasteiger partial charge is 0.224 e. The van der Waals surface area contributed by atoms with E-state index in [1.165, 1.54) is 0 Å². The lowest BCUT2D eigenvalue weighted by Crippen LogP contribution is -2.34. The lowest BCUT2D eigenvalue weighted by Gasteiger charge is -2.23. The lowest BCUT2D eigenvalue weighted by atomic mass is 9.91. The van der Waals surface area contributed by atoms with Crippen molar-refractivity contribution in [1.29, 1.82) is 0 Å². The fourth-order valence-corrected chi connectivity index (χ4v) is 4.12. The molecule has 1 aromatic carbocycles. The number of piperidine rings is 1. The number of furan rings is 1. The Balaban J connectivity index is 0.00000196. The molecule has 6 heteroatoms. The number of hydrogen-bond donors (Lipinski definition) is 2. The number of amides is 1. The topological polar surface area (TPSA) is 63.5 Å². The first-order valence-electron chi connectivity index (χ1n) is 9.29. The van der Waals surface area contributed by atoms with Gasteiger partial charge >= 0.3 is 0 Å². The second-order valence-electron chi connectivity index (χ2n) is 7.36. The molecule has 2 unspecified atom stereocenters. The average Bonchev–Trinajstić information content (AvgIpc) is 3.11. The van der Waals surface area contributed by atoms with Gasteiger partial charge in [0, 0.05) is 11.3 Å². The van der Waals surface area contributed by atoms with Crippen LogP contribution in [-0.2, 0) is 4.79 Å². The summed E-state index contributed by atoms with van der Waals surface area (Å²) in [6.45, 7) is 6.59. The van der Waals surface area contributed by atoms with Crippen LogP contribution in [0.15, 0.2) is 28.7 Å². The van der Waals surface area contributed by atoms with Crippen LogP contribution < -0.4 is 15.4 Å². The van der Waals surface area contributed by atoms with Crippen LogP contribution in [0, 0.1) is 11.3 Å². The van der Waals surface area contributed by atoms with E-state index in [2.05, 4.69) is 10.6 Å². The van der Waals surface area contributed by atoms with Crippen LogP contribution in [0.1, 0.15) is 44.9 Å². The van der Waals surface area contributed by atoms with E-state index in [9.17, 15) is 4.79 Å². The molecular formula is C20H27ClN2O3. The van der Waals surface area contributed by atoms with Crippen molar-refractivity contribution < 1.29 is 13.9 Å². The third-order valence-corrected chi connectivity index (χ3v) is 5.72. The van der Waals surface area contributed by atoms with Crippen LogP contribution in [0.25, 0.3) is 11.0 Å². The normalized spacial score (nSPS) is 21.8. The van der Waals surface area contributed by atoms with Gasteiger partial charge in [-0.3, -0.25) is 4.79 Å². The Morgan fingerprint density at radius 2 is 2.19 bits per heavy atom. The molecule has 2 fully saturated rings. The zero-order valence-corrected chi connectivity index (χ0v) is 16.2. The zero-order valence-electron chi connectivity index (χ0n) is 15.3. The van der Waals surface area contributed by atoms with Gasteiger partial charge in [-0.05, 0) is 63.7 Å². The Kier molecular flexibility index (Phi) is 5.49. The average molecular weight is 379 g/mol. The second-order valence-corrected chi connectivity index (χ2v) is 7.36. The highest BCUT2D eigenvalue weighted by Gasteiger charge is 2.57. The van der Waals surface area contributed by atoms with Gasteiger partial charge in [-0.15, -0.1) is 12.4 Å². The molecule has 142 valence electrons. The third kappa shape index (κ3) is 3.42. The van der Waals surface area contributed by atoms with Gasteiger partial charge in [0.1, 0.15) is 5.76 Å². The van der Waals surface area contributed by atoms with E-state index in [1.807, 2.05) is 38.1 Å². The first kappa shape index (κ1) is 19.1. The molecule has 1 aromatic heterocycles. The number of carbonyl (C=O) groups excluding carboxylic acids is 1. The molecule has 5 nitrogen and oxygen atoms in total. The van der Waals surface area contributed by atoms with Gasteiger partial charge in [0.15, 0.2) is 11.3 Å². The van der Waals surface area contributed by atoms with Crippen molar-refractivity contribution in [1.82, 2.24) is 10.6 Å². The van der Waals surface area contributed by atoms with Gasteiger partial charge in [0.2, 0.25) is 5.91 Å². The number of rotatable bonds is 5. The molecule has 1 saturated carbocycles. The standard InChI is InChI=1S/C20H26N2O3.ClH/c1-3-24-16-6-4-5-14-11-17(25-18(14)16)13(2)22-19(23)15-12-20(15)7-9-21-10-8-20;/h4-6,11,13,15,21H,3,7-10,12H2,1-2H3,(H,22,23);1H. The molecule has 2 atom stereocenters. The van der Waals surface area contributed by atoms with E-state index >= 15 is 0 Å². The van der Waals surface area contributed by atoms with Crippen LogP contribution >= 0.6 is 12.4 Å². The number of fused-ring (bicyclic) bond motifs is 1. The van der Waals surface area contributed by atoms with E-state index in [0.717, 1.165) is 54.8 Å². The summed E-state index contributed by atoms with van der Waals surface area (Å²) in [6.07, 6.45) is 3.26. The highest BCUT2D eigenvalue weighted by atomic mass is 35.5. The first-order chi connectivity index (χ1) is 12.1. The molecule has 2 N–H and O–H groups in total. The maximum atomic E-state index is 12.6. The summed E-state index contributed by atoms with van der Waals surface area (Å²) in [6, 6.07) is 7.73. The largest absolute Gasteiger partial charge is 0.490 e. The fourth-order valence-electron chi connectivity index (χ4n) is 4.12. The Morgan fingerprint density at radius 3 is 2.92 bits per heavy atom. The number of hydrogen-bond acceptors (Lipinski definition) is 4. The highest BCUT2D eigenvalue weighted by Crippen LogP contribution is 2.58. The highest BCUT2D eigenvalue weighted by molar-refractivity contribution is 5.85. The molecule has 1 saturated heterocycles. The Labute approximate surface area is 160 Å². The van der Waals surface area contributed by atoms with E-state index in [1.54, 1.807) is 0 Å². The van der Waals surface area contributed by atoms with E-state index < -0.39 is 0 Å². The molecule has 0 bridgehead atoms. The summed E-state index contributed by atoms with van der Waals surface area (Å²) < 4.78 is 11.6. The second kappa shape index (κ2) is 7.49. The van der Waals surface area contributed by atoms with E-state index in [-0.39, 0.29) is 35.7 Å². The van der Waals surface area contributed by atoms with Crippen molar-refractivity contribution >= 4 is 29.3 Å². The predicted molar refractivity (Wildman–Crippen MR) is 104 cm³/mol. The third-order valence-electron chi connectivity index (χ3n) is 5.72. The molecule has 4 rings (SSSR count). The Hall–Kier alpha value is -1.72. The van der Waals surface area contributed by atoms with Gasteiger partial charge in [0.25, 0.3) is 0 Å². The molecule has 1 amide bonds. The van der Waals surface area contributed by atoms with Crippen LogP contribution in [0.3, 0.4) is 0 Å². The fraction of sp³-hybridized carbons (Fsp3) is 0.550. The van der Waals surface area contributed by atoms with Crippen molar-refractivity contribution in [2.75, 3.05) is 19.7 Å². The summed E-state index contributed by atoms with van der Waals surface area (Å²) >= 11 is 0. The van der Waals surface area contributed by atoms with Crippen molar-refractivity contribution in [2.24, 2.45) is 11.3 Å². The quantitative estimate of drug-likeness (QED) is 0.830. The maximum absolute atomic E-state index is 12.6. The lowest BCUT2D eigenvalue weighted by molar-refractivity contribution is -0.124. The van der Waals surface area contributed by atoms with Gasteiger partial charge in [-0.2, -0.15) is 0 Å². The maximum Gasteiger partial charge on any atom is 0.224 e. The summed E-state index contributed by atoms with van der Waals surface area (Å²) in [5, 5.41) is 7.53. The first-order valence-corrected chi connectivity index (χ1v) is 9.29.